The van der Waals surface area contributed by atoms with E-state index in [1.54, 1.807) is 11.3 Å². The molecule has 1 unspecified atom stereocenters. The Bertz CT molecular complexity index is 478. The summed E-state index contributed by atoms with van der Waals surface area (Å²) in [7, 11) is 0. The van der Waals surface area contributed by atoms with Gasteiger partial charge in [-0.15, -0.1) is 23.1 Å². The maximum atomic E-state index is 6.26. The summed E-state index contributed by atoms with van der Waals surface area (Å²) in [5.74, 6) is 1.10. The van der Waals surface area contributed by atoms with Gasteiger partial charge in [-0.25, -0.2) is 0 Å². The fourth-order valence-corrected chi connectivity index (χ4v) is 3.93. The molecule has 1 aromatic heterocycles. The summed E-state index contributed by atoms with van der Waals surface area (Å²) in [6.07, 6.45) is 0. The number of halogens is 1. The molecule has 0 bridgehead atoms. The van der Waals surface area contributed by atoms with Crippen LogP contribution in [0.4, 0.5) is 0 Å². The van der Waals surface area contributed by atoms with E-state index in [1.165, 1.54) is 9.77 Å². The maximum Gasteiger partial charge on any atom is 0.0657 e. The normalized spacial score (nSPS) is 12.6. The largest absolute Gasteiger partial charge is 0.320 e. The zero-order valence-corrected chi connectivity index (χ0v) is 12.7. The van der Waals surface area contributed by atoms with Crippen LogP contribution in [0.3, 0.4) is 0 Å². The number of hydrogen-bond donors (Lipinski definition) is 1. The molecule has 0 aliphatic rings. The molecular weight excluding hydrogens is 314 g/mol. The van der Waals surface area contributed by atoms with E-state index >= 15 is 0 Å². The Morgan fingerprint density at radius 3 is 2.53 bits per heavy atom. The molecule has 0 spiro atoms. The van der Waals surface area contributed by atoms with E-state index in [9.17, 15) is 0 Å². The SMILES string of the molecule is CCSc1ccc(C(N)c2sccc2Br)cc1. The molecule has 0 saturated heterocycles. The second-order valence-electron chi connectivity index (χ2n) is 3.61. The third kappa shape index (κ3) is 3.13. The maximum absolute atomic E-state index is 6.26. The summed E-state index contributed by atoms with van der Waals surface area (Å²) in [6.45, 7) is 2.16. The molecule has 4 heteroatoms. The molecule has 2 N–H and O–H groups in total. The van der Waals surface area contributed by atoms with Crippen molar-refractivity contribution in [3.8, 4) is 0 Å². The first kappa shape index (κ1) is 13.1. The monoisotopic (exact) mass is 327 g/mol. The van der Waals surface area contributed by atoms with Crippen molar-refractivity contribution in [2.24, 2.45) is 5.73 Å². The van der Waals surface area contributed by atoms with Gasteiger partial charge in [-0.2, -0.15) is 0 Å². The number of benzene rings is 1. The van der Waals surface area contributed by atoms with Crippen LogP contribution in [0.15, 0.2) is 45.1 Å². The lowest BCUT2D eigenvalue weighted by atomic mass is 10.1. The molecule has 1 nitrogen and oxygen atoms in total. The average molecular weight is 328 g/mol. The van der Waals surface area contributed by atoms with Crippen molar-refractivity contribution < 1.29 is 0 Å². The van der Waals surface area contributed by atoms with Gasteiger partial charge in [-0.1, -0.05) is 19.1 Å². The summed E-state index contributed by atoms with van der Waals surface area (Å²) >= 11 is 7.07. The molecular formula is C13H14BrNS2. The van der Waals surface area contributed by atoms with Crippen LogP contribution >= 0.6 is 39.0 Å². The van der Waals surface area contributed by atoms with Gasteiger partial charge in [0.1, 0.15) is 0 Å². The first-order chi connectivity index (χ1) is 8.22. The lowest BCUT2D eigenvalue weighted by Gasteiger charge is -2.11. The Hall–Kier alpha value is -0.290. The van der Waals surface area contributed by atoms with Crippen LogP contribution in [0.25, 0.3) is 0 Å². The van der Waals surface area contributed by atoms with Crippen LogP contribution < -0.4 is 5.73 Å². The average Bonchev–Trinajstić information content (AvgIpc) is 2.76. The van der Waals surface area contributed by atoms with Gasteiger partial charge in [0.2, 0.25) is 0 Å². The van der Waals surface area contributed by atoms with Gasteiger partial charge >= 0.3 is 0 Å². The molecule has 2 aromatic rings. The standard InChI is InChI=1S/C13H14BrNS2/c1-2-16-10-5-3-9(4-6-10)12(15)13-11(14)7-8-17-13/h3-8,12H,2,15H2,1H3. The Morgan fingerprint density at radius 2 is 2.00 bits per heavy atom. The van der Waals surface area contributed by atoms with E-state index in [1.807, 2.05) is 17.8 Å². The van der Waals surface area contributed by atoms with Crippen LogP contribution in [0.5, 0.6) is 0 Å². The van der Waals surface area contributed by atoms with Crippen LogP contribution in [-0.4, -0.2) is 5.75 Å². The Morgan fingerprint density at radius 1 is 1.29 bits per heavy atom. The van der Waals surface area contributed by atoms with Crippen LogP contribution in [0.1, 0.15) is 23.4 Å². The van der Waals surface area contributed by atoms with Gasteiger partial charge in [-0.3, -0.25) is 0 Å². The minimum absolute atomic E-state index is 0.0370. The molecule has 0 radical (unpaired) electrons. The van der Waals surface area contributed by atoms with Crippen molar-refractivity contribution in [2.75, 3.05) is 5.75 Å². The topological polar surface area (TPSA) is 26.0 Å². The van der Waals surface area contributed by atoms with E-state index in [0.29, 0.717) is 0 Å². The van der Waals surface area contributed by atoms with Gasteiger partial charge < -0.3 is 5.73 Å². The molecule has 0 aliphatic carbocycles. The van der Waals surface area contributed by atoms with Gasteiger partial charge in [-0.05, 0) is 50.8 Å². The number of thiophene rings is 1. The number of thioether (sulfide) groups is 1. The number of hydrogen-bond acceptors (Lipinski definition) is 3. The third-order valence-electron chi connectivity index (χ3n) is 2.48. The Balaban J connectivity index is 2.20. The smallest absolute Gasteiger partial charge is 0.0657 e. The summed E-state index contributed by atoms with van der Waals surface area (Å²) in [6, 6.07) is 10.5. The van der Waals surface area contributed by atoms with Gasteiger partial charge in [0.25, 0.3) is 0 Å². The van der Waals surface area contributed by atoms with Crippen LogP contribution in [-0.2, 0) is 0 Å². The molecule has 1 heterocycles. The highest BCUT2D eigenvalue weighted by Crippen LogP contribution is 2.32. The van der Waals surface area contributed by atoms with Crippen molar-refractivity contribution in [1.29, 1.82) is 0 Å². The molecule has 17 heavy (non-hydrogen) atoms. The molecule has 90 valence electrons. The van der Waals surface area contributed by atoms with E-state index < -0.39 is 0 Å². The first-order valence-electron chi connectivity index (χ1n) is 5.43. The van der Waals surface area contributed by atoms with Crippen molar-refractivity contribution in [1.82, 2.24) is 0 Å². The fraction of sp³-hybridized carbons (Fsp3) is 0.231. The number of nitrogens with two attached hydrogens (primary N) is 1. The second kappa shape index (κ2) is 6.05. The van der Waals surface area contributed by atoms with E-state index in [-0.39, 0.29) is 6.04 Å². The highest BCUT2D eigenvalue weighted by Gasteiger charge is 2.13. The lowest BCUT2D eigenvalue weighted by molar-refractivity contribution is 0.887. The summed E-state index contributed by atoms with van der Waals surface area (Å²) in [4.78, 5) is 2.48. The molecule has 1 aromatic carbocycles. The lowest BCUT2D eigenvalue weighted by Crippen LogP contribution is -2.10. The van der Waals surface area contributed by atoms with Crippen LogP contribution in [0.2, 0.25) is 0 Å². The summed E-state index contributed by atoms with van der Waals surface area (Å²) < 4.78 is 1.10. The number of rotatable bonds is 4. The van der Waals surface area contributed by atoms with Gasteiger partial charge in [0, 0.05) is 14.2 Å². The predicted molar refractivity (Wildman–Crippen MR) is 80.9 cm³/mol. The van der Waals surface area contributed by atoms with E-state index in [4.69, 9.17) is 5.73 Å². The van der Waals surface area contributed by atoms with Crippen molar-refractivity contribution >= 4 is 39.0 Å². The molecule has 0 amide bonds. The molecule has 1 atom stereocenters. The summed E-state index contributed by atoms with van der Waals surface area (Å²) in [5.41, 5.74) is 7.42. The zero-order chi connectivity index (χ0) is 12.3. The van der Waals surface area contributed by atoms with E-state index in [0.717, 1.165) is 15.8 Å². The van der Waals surface area contributed by atoms with Gasteiger partial charge in [0.05, 0.1) is 6.04 Å². The highest BCUT2D eigenvalue weighted by atomic mass is 79.9. The van der Waals surface area contributed by atoms with Crippen molar-refractivity contribution in [3.05, 3.63) is 50.6 Å². The molecule has 0 saturated carbocycles. The highest BCUT2D eigenvalue weighted by molar-refractivity contribution is 9.10. The van der Waals surface area contributed by atoms with Crippen LogP contribution in [0, 0.1) is 0 Å². The molecule has 0 aliphatic heterocycles. The van der Waals surface area contributed by atoms with E-state index in [2.05, 4.69) is 52.5 Å². The third-order valence-corrected chi connectivity index (χ3v) is 5.33. The molecule has 0 fully saturated rings. The second-order valence-corrected chi connectivity index (χ2v) is 6.75. The fourth-order valence-electron chi connectivity index (χ4n) is 1.62. The molecule has 2 rings (SSSR count). The van der Waals surface area contributed by atoms with Crippen molar-refractivity contribution in [3.63, 3.8) is 0 Å². The zero-order valence-electron chi connectivity index (χ0n) is 9.52. The van der Waals surface area contributed by atoms with Crippen molar-refractivity contribution in [2.45, 2.75) is 17.9 Å². The Labute approximate surface area is 119 Å². The first-order valence-corrected chi connectivity index (χ1v) is 8.09. The minimum atomic E-state index is -0.0370. The minimum Gasteiger partial charge on any atom is -0.320 e. The summed E-state index contributed by atoms with van der Waals surface area (Å²) in [5, 5.41) is 2.06. The Kier molecular flexibility index (Phi) is 4.68. The van der Waals surface area contributed by atoms with Gasteiger partial charge in [0.15, 0.2) is 0 Å². The predicted octanol–water partition coefficient (Wildman–Crippen LogP) is 4.67. The quantitative estimate of drug-likeness (QED) is 0.825.